The lowest BCUT2D eigenvalue weighted by molar-refractivity contribution is -0.142. The summed E-state index contributed by atoms with van der Waals surface area (Å²) < 4.78 is 35.3. The summed E-state index contributed by atoms with van der Waals surface area (Å²) in [6.07, 6.45) is 0. The lowest BCUT2D eigenvalue weighted by Crippen LogP contribution is -2.35. The highest BCUT2D eigenvalue weighted by molar-refractivity contribution is 8.00. The Morgan fingerprint density at radius 2 is 1.94 bits per heavy atom. The molecule has 1 N–H and O–H groups in total. The van der Waals surface area contributed by atoms with Crippen molar-refractivity contribution in [3.8, 4) is 0 Å². The average Bonchev–Trinajstić information content (AvgIpc) is 2.12. The number of carbonyl (C=O) groups excluding carboxylic acids is 1. The first-order chi connectivity index (χ1) is 7.13. The Labute approximate surface area is 94.8 Å². The van der Waals surface area contributed by atoms with Gasteiger partial charge in [0.2, 0.25) is 5.91 Å². The molecule has 8 heteroatoms. The highest BCUT2D eigenvalue weighted by Gasteiger charge is 2.30. The summed E-state index contributed by atoms with van der Waals surface area (Å²) in [5.74, 6) is -3.37. The van der Waals surface area contributed by atoms with Crippen LogP contribution in [0.3, 0.4) is 0 Å². The fourth-order valence-electron chi connectivity index (χ4n) is 0.844. The second kappa shape index (κ2) is 5.97. The topological polar surface area (TPSA) is 57.6 Å². The second-order valence-electron chi connectivity index (χ2n) is 3.25. The van der Waals surface area contributed by atoms with Crippen LogP contribution in [0.15, 0.2) is 0 Å². The molecular formula is C8H12F3NO3S. The molecule has 0 aliphatic rings. The molecule has 0 spiro atoms. The molecule has 1 atom stereocenters. The van der Waals surface area contributed by atoms with Crippen molar-refractivity contribution in [3.05, 3.63) is 0 Å². The van der Waals surface area contributed by atoms with E-state index in [1.807, 2.05) is 0 Å². The number of thioether (sulfide) groups is 1. The Hall–Kier alpha value is -0.920. The van der Waals surface area contributed by atoms with E-state index in [1.54, 1.807) is 0 Å². The molecule has 0 aromatic carbocycles. The number of carboxylic acids is 1. The van der Waals surface area contributed by atoms with Gasteiger partial charge in [-0.2, -0.15) is 13.2 Å². The molecule has 1 unspecified atom stereocenters. The minimum Gasteiger partial charge on any atom is -0.481 e. The van der Waals surface area contributed by atoms with Gasteiger partial charge in [0.05, 0.1) is 11.7 Å². The highest BCUT2D eigenvalue weighted by Crippen LogP contribution is 2.30. The highest BCUT2D eigenvalue weighted by atomic mass is 32.2. The Morgan fingerprint density at radius 3 is 2.31 bits per heavy atom. The van der Waals surface area contributed by atoms with Crippen molar-refractivity contribution in [1.82, 2.24) is 4.90 Å². The maximum atomic E-state index is 11.8. The monoisotopic (exact) mass is 259 g/mol. The van der Waals surface area contributed by atoms with Crippen LogP contribution in [0.2, 0.25) is 0 Å². The number of carboxylic acid groups (broad SMARTS) is 1. The SMILES string of the molecule is CC(CN(C)C(=O)CSC(F)(F)F)C(=O)O. The van der Waals surface area contributed by atoms with Crippen molar-refractivity contribution < 1.29 is 27.9 Å². The average molecular weight is 259 g/mol. The first-order valence-electron chi connectivity index (χ1n) is 4.31. The van der Waals surface area contributed by atoms with Crippen molar-refractivity contribution in [2.75, 3.05) is 19.3 Å². The van der Waals surface area contributed by atoms with Crippen molar-refractivity contribution in [1.29, 1.82) is 0 Å². The summed E-state index contributed by atoms with van der Waals surface area (Å²) in [6, 6.07) is 0. The molecule has 0 aliphatic carbocycles. The summed E-state index contributed by atoms with van der Waals surface area (Å²) in [7, 11) is 1.28. The third-order valence-electron chi connectivity index (χ3n) is 1.75. The Bertz CT molecular complexity index is 270. The van der Waals surface area contributed by atoms with E-state index in [2.05, 4.69) is 0 Å². The van der Waals surface area contributed by atoms with Gasteiger partial charge in [0, 0.05) is 13.6 Å². The van der Waals surface area contributed by atoms with E-state index in [-0.39, 0.29) is 6.54 Å². The van der Waals surface area contributed by atoms with Crippen molar-refractivity contribution >= 4 is 23.6 Å². The molecule has 0 radical (unpaired) electrons. The van der Waals surface area contributed by atoms with Gasteiger partial charge in [-0.05, 0) is 11.8 Å². The first-order valence-corrected chi connectivity index (χ1v) is 5.29. The summed E-state index contributed by atoms with van der Waals surface area (Å²) >= 11 is -0.433. The molecular weight excluding hydrogens is 247 g/mol. The minimum atomic E-state index is -4.45. The standard InChI is InChI=1S/C8H12F3NO3S/c1-5(7(14)15)3-12(2)6(13)4-16-8(9,10)11/h5H,3-4H2,1-2H3,(H,14,15). The zero-order chi connectivity index (χ0) is 12.9. The van der Waals surface area contributed by atoms with Gasteiger partial charge in [0.15, 0.2) is 0 Å². The summed E-state index contributed by atoms with van der Waals surface area (Å²) in [5, 5.41) is 8.55. The van der Waals surface area contributed by atoms with Gasteiger partial charge in [-0.1, -0.05) is 6.92 Å². The van der Waals surface area contributed by atoms with Gasteiger partial charge in [-0.3, -0.25) is 9.59 Å². The molecule has 0 fully saturated rings. The molecule has 0 saturated carbocycles. The van der Waals surface area contributed by atoms with E-state index in [0.29, 0.717) is 0 Å². The fourth-order valence-corrected chi connectivity index (χ4v) is 1.35. The van der Waals surface area contributed by atoms with Crippen molar-refractivity contribution in [3.63, 3.8) is 0 Å². The van der Waals surface area contributed by atoms with Crippen LogP contribution in [0.5, 0.6) is 0 Å². The second-order valence-corrected chi connectivity index (χ2v) is 4.29. The van der Waals surface area contributed by atoms with Gasteiger partial charge >= 0.3 is 11.5 Å². The predicted molar refractivity (Wildman–Crippen MR) is 52.9 cm³/mol. The van der Waals surface area contributed by atoms with E-state index in [4.69, 9.17) is 5.11 Å². The third kappa shape index (κ3) is 6.54. The maximum Gasteiger partial charge on any atom is 0.442 e. The number of aliphatic carboxylic acids is 1. The largest absolute Gasteiger partial charge is 0.481 e. The summed E-state index contributed by atoms with van der Waals surface area (Å²) in [4.78, 5) is 22.6. The van der Waals surface area contributed by atoms with Crippen LogP contribution in [0.25, 0.3) is 0 Å². The number of rotatable bonds is 5. The molecule has 0 heterocycles. The van der Waals surface area contributed by atoms with E-state index < -0.39 is 40.8 Å². The third-order valence-corrected chi connectivity index (χ3v) is 2.47. The zero-order valence-corrected chi connectivity index (χ0v) is 9.56. The Balaban J connectivity index is 4.05. The lowest BCUT2D eigenvalue weighted by Gasteiger charge is -2.19. The molecule has 94 valence electrons. The fraction of sp³-hybridized carbons (Fsp3) is 0.750. The number of nitrogens with zero attached hydrogens (tertiary/aromatic N) is 1. The van der Waals surface area contributed by atoms with E-state index in [0.717, 1.165) is 4.90 Å². The molecule has 0 saturated heterocycles. The maximum absolute atomic E-state index is 11.8. The van der Waals surface area contributed by atoms with Crippen LogP contribution in [0, 0.1) is 5.92 Å². The number of hydrogen-bond donors (Lipinski definition) is 1. The van der Waals surface area contributed by atoms with Gasteiger partial charge in [-0.25, -0.2) is 0 Å². The van der Waals surface area contributed by atoms with Gasteiger partial charge in [0.25, 0.3) is 0 Å². The molecule has 0 aromatic heterocycles. The summed E-state index contributed by atoms with van der Waals surface area (Å²) in [6.45, 7) is 1.27. The van der Waals surface area contributed by atoms with Gasteiger partial charge in [-0.15, -0.1) is 0 Å². The number of amides is 1. The van der Waals surface area contributed by atoms with Crippen LogP contribution < -0.4 is 0 Å². The van der Waals surface area contributed by atoms with Crippen LogP contribution in [-0.4, -0.2) is 46.7 Å². The molecule has 16 heavy (non-hydrogen) atoms. The minimum absolute atomic E-state index is 0.105. The van der Waals surface area contributed by atoms with Gasteiger partial charge in [0.1, 0.15) is 0 Å². The molecule has 0 rings (SSSR count). The van der Waals surface area contributed by atoms with Gasteiger partial charge < -0.3 is 10.0 Å². The first kappa shape index (κ1) is 15.1. The van der Waals surface area contributed by atoms with Crippen molar-refractivity contribution in [2.45, 2.75) is 12.4 Å². The van der Waals surface area contributed by atoms with Crippen LogP contribution in [0.1, 0.15) is 6.92 Å². The molecule has 1 amide bonds. The van der Waals surface area contributed by atoms with Crippen LogP contribution >= 0.6 is 11.8 Å². The Morgan fingerprint density at radius 1 is 1.44 bits per heavy atom. The van der Waals surface area contributed by atoms with E-state index in [9.17, 15) is 22.8 Å². The summed E-state index contributed by atoms with van der Waals surface area (Å²) in [5.41, 5.74) is -4.45. The predicted octanol–water partition coefficient (Wildman–Crippen LogP) is 1.42. The van der Waals surface area contributed by atoms with E-state index >= 15 is 0 Å². The Kier molecular flexibility index (Phi) is 5.63. The molecule has 0 aliphatic heterocycles. The van der Waals surface area contributed by atoms with E-state index in [1.165, 1.54) is 14.0 Å². The molecule has 0 aromatic rings. The molecule has 4 nitrogen and oxygen atoms in total. The smallest absolute Gasteiger partial charge is 0.442 e. The van der Waals surface area contributed by atoms with Crippen LogP contribution in [0.4, 0.5) is 13.2 Å². The normalized spacial score (nSPS) is 13.3. The molecule has 0 bridgehead atoms. The number of halogens is 3. The zero-order valence-electron chi connectivity index (χ0n) is 8.74. The van der Waals surface area contributed by atoms with Crippen LogP contribution in [-0.2, 0) is 9.59 Å². The quantitative estimate of drug-likeness (QED) is 0.811. The number of carbonyl (C=O) groups is 2. The number of alkyl halides is 3. The lowest BCUT2D eigenvalue weighted by atomic mass is 10.2. The van der Waals surface area contributed by atoms with Crippen molar-refractivity contribution in [2.24, 2.45) is 5.92 Å². The number of hydrogen-bond acceptors (Lipinski definition) is 3.